The zero-order valence-electron chi connectivity index (χ0n) is 16.0. The summed E-state index contributed by atoms with van der Waals surface area (Å²) in [5.74, 6) is 0.0879. The summed E-state index contributed by atoms with van der Waals surface area (Å²) in [6.45, 7) is 1.87. The van der Waals surface area contributed by atoms with Gasteiger partial charge in [0.25, 0.3) is 0 Å². The van der Waals surface area contributed by atoms with Gasteiger partial charge in [-0.1, -0.05) is 41.0 Å². The molecule has 1 heterocycles. The smallest absolute Gasteiger partial charge is 0.242 e. The second-order valence-electron chi connectivity index (χ2n) is 6.43. The number of aryl methyl sites for hydroxylation is 1. The summed E-state index contributed by atoms with van der Waals surface area (Å²) in [6, 6.07) is 10.3. The lowest BCUT2D eigenvalue weighted by atomic mass is 10.2. The van der Waals surface area contributed by atoms with Crippen molar-refractivity contribution in [1.29, 1.82) is 0 Å². The minimum absolute atomic E-state index is 0.0193. The molecule has 152 valence electrons. The van der Waals surface area contributed by atoms with Crippen LogP contribution in [0.25, 0.3) is 0 Å². The molecule has 1 fully saturated rings. The van der Waals surface area contributed by atoms with Crippen molar-refractivity contribution >= 4 is 63.3 Å². The zero-order chi connectivity index (χ0) is 21.1. The number of benzene rings is 2. The second-order valence-corrected chi connectivity index (χ2v) is 8.47. The Bertz CT molecular complexity index is 997. The number of hydrogen-bond acceptors (Lipinski definition) is 5. The number of nitrogens with zero attached hydrogens (tertiary/aromatic N) is 2. The fourth-order valence-electron chi connectivity index (χ4n) is 2.75. The molecule has 1 unspecified atom stereocenters. The highest BCUT2D eigenvalue weighted by molar-refractivity contribution is 8.15. The Morgan fingerprint density at radius 1 is 1.24 bits per heavy atom. The summed E-state index contributed by atoms with van der Waals surface area (Å²) in [4.78, 5) is 31.0. The van der Waals surface area contributed by atoms with E-state index in [1.807, 2.05) is 13.0 Å². The maximum Gasteiger partial charge on any atom is 0.242 e. The van der Waals surface area contributed by atoms with Crippen LogP contribution in [-0.2, 0) is 9.59 Å². The van der Waals surface area contributed by atoms with Gasteiger partial charge in [0.1, 0.15) is 16.7 Å². The van der Waals surface area contributed by atoms with Crippen molar-refractivity contribution in [1.82, 2.24) is 4.90 Å². The molecule has 0 bridgehead atoms. The number of amides is 2. The maximum atomic E-state index is 12.6. The first-order valence-electron chi connectivity index (χ1n) is 8.71. The van der Waals surface area contributed by atoms with E-state index in [-0.39, 0.29) is 18.2 Å². The SMILES string of the molecule is COc1ccc(Cl)cc1N=C1SC(CC(=O)Nc2cc(Cl)ccc2C)C(=O)N1C. The largest absolute Gasteiger partial charge is 0.494 e. The Balaban J connectivity index is 1.74. The first kappa shape index (κ1) is 21.5. The van der Waals surface area contributed by atoms with Gasteiger partial charge in [0.05, 0.1) is 7.11 Å². The van der Waals surface area contributed by atoms with Gasteiger partial charge in [-0.2, -0.15) is 0 Å². The Labute approximate surface area is 183 Å². The Kier molecular flexibility index (Phi) is 6.72. The molecule has 0 aromatic heterocycles. The van der Waals surface area contributed by atoms with Crippen LogP contribution in [0.5, 0.6) is 5.75 Å². The molecule has 1 N–H and O–H groups in total. The molecule has 0 aliphatic carbocycles. The van der Waals surface area contributed by atoms with Crippen LogP contribution in [0.4, 0.5) is 11.4 Å². The number of hydrogen-bond donors (Lipinski definition) is 1. The number of methoxy groups -OCH3 is 1. The highest BCUT2D eigenvalue weighted by Crippen LogP contribution is 2.35. The maximum absolute atomic E-state index is 12.6. The first-order chi connectivity index (χ1) is 13.8. The van der Waals surface area contributed by atoms with E-state index in [2.05, 4.69) is 10.3 Å². The molecule has 1 aliphatic rings. The molecule has 0 spiro atoms. The summed E-state index contributed by atoms with van der Waals surface area (Å²) >= 11 is 13.3. The number of carbonyl (C=O) groups excluding carboxylic acids is 2. The number of amidine groups is 1. The molecular formula is C20H19Cl2N3O3S. The van der Waals surface area contributed by atoms with E-state index < -0.39 is 5.25 Å². The molecule has 0 saturated carbocycles. The van der Waals surface area contributed by atoms with Crippen molar-refractivity contribution in [2.45, 2.75) is 18.6 Å². The van der Waals surface area contributed by atoms with Crippen molar-refractivity contribution in [2.75, 3.05) is 19.5 Å². The van der Waals surface area contributed by atoms with Crippen LogP contribution in [0.1, 0.15) is 12.0 Å². The molecule has 1 saturated heterocycles. The van der Waals surface area contributed by atoms with Crippen molar-refractivity contribution in [2.24, 2.45) is 4.99 Å². The van der Waals surface area contributed by atoms with E-state index in [4.69, 9.17) is 27.9 Å². The average molecular weight is 452 g/mol. The van der Waals surface area contributed by atoms with E-state index in [0.29, 0.717) is 32.3 Å². The minimum atomic E-state index is -0.566. The molecule has 3 rings (SSSR count). The number of aliphatic imine (C=N–C) groups is 1. The van der Waals surface area contributed by atoms with Crippen molar-refractivity contribution < 1.29 is 14.3 Å². The van der Waals surface area contributed by atoms with E-state index >= 15 is 0 Å². The molecule has 1 aliphatic heterocycles. The van der Waals surface area contributed by atoms with E-state index in [1.54, 1.807) is 37.4 Å². The van der Waals surface area contributed by atoms with E-state index in [9.17, 15) is 9.59 Å². The van der Waals surface area contributed by atoms with Gasteiger partial charge in [-0.15, -0.1) is 0 Å². The summed E-state index contributed by atoms with van der Waals surface area (Å²) in [7, 11) is 3.17. The zero-order valence-corrected chi connectivity index (χ0v) is 18.4. The first-order valence-corrected chi connectivity index (χ1v) is 10.3. The molecule has 2 amide bonds. The van der Waals surface area contributed by atoms with E-state index in [1.165, 1.54) is 23.8 Å². The second kappa shape index (κ2) is 9.07. The lowest BCUT2D eigenvalue weighted by Crippen LogP contribution is -2.30. The van der Waals surface area contributed by atoms with E-state index in [0.717, 1.165) is 5.56 Å². The Morgan fingerprint density at radius 2 is 1.93 bits per heavy atom. The molecule has 0 radical (unpaired) electrons. The van der Waals surface area contributed by atoms with Crippen LogP contribution >= 0.6 is 35.0 Å². The number of halogens is 2. The van der Waals surface area contributed by atoms with Crippen molar-refractivity contribution in [3.05, 3.63) is 52.0 Å². The third-order valence-corrected chi connectivity index (χ3v) is 6.04. The summed E-state index contributed by atoms with van der Waals surface area (Å²) in [5, 5.41) is 3.77. The quantitative estimate of drug-likeness (QED) is 0.701. The molecule has 2 aromatic carbocycles. The Hall–Kier alpha value is -2.22. The van der Waals surface area contributed by atoms with Gasteiger partial charge >= 0.3 is 0 Å². The predicted octanol–water partition coefficient (Wildman–Crippen LogP) is 4.90. The molecule has 1 atom stereocenters. The molecule has 9 heteroatoms. The predicted molar refractivity (Wildman–Crippen MR) is 119 cm³/mol. The van der Waals surface area contributed by atoms with Crippen molar-refractivity contribution in [3.63, 3.8) is 0 Å². The normalized spacial score (nSPS) is 17.7. The van der Waals surface area contributed by atoms with Crippen LogP contribution in [0, 0.1) is 6.92 Å². The van der Waals surface area contributed by atoms with Crippen LogP contribution in [0.15, 0.2) is 41.4 Å². The number of ether oxygens (including phenoxy) is 1. The van der Waals surface area contributed by atoms with Crippen LogP contribution in [0.3, 0.4) is 0 Å². The molecular weight excluding hydrogens is 433 g/mol. The van der Waals surface area contributed by atoms with Gasteiger partial charge < -0.3 is 10.1 Å². The topological polar surface area (TPSA) is 71.0 Å². The fraction of sp³-hybridized carbons (Fsp3) is 0.250. The number of carbonyl (C=O) groups is 2. The minimum Gasteiger partial charge on any atom is -0.494 e. The van der Waals surface area contributed by atoms with Gasteiger partial charge in [0, 0.05) is 29.2 Å². The molecule has 6 nitrogen and oxygen atoms in total. The summed E-state index contributed by atoms with van der Waals surface area (Å²) < 4.78 is 5.30. The van der Waals surface area contributed by atoms with Gasteiger partial charge in [-0.3, -0.25) is 14.5 Å². The third kappa shape index (κ3) is 5.04. The average Bonchev–Trinajstić information content (AvgIpc) is 2.93. The Morgan fingerprint density at radius 3 is 2.66 bits per heavy atom. The van der Waals surface area contributed by atoms with Crippen LogP contribution < -0.4 is 10.1 Å². The monoisotopic (exact) mass is 451 g/mol. The number of anilines is 1. The van der Waals surface area contributed by atoms with Gasteiger partial charge in [-0.25, -0.2) is 4.99 Å². The summed E-state index contributed by atoms with van der Waals surface area (Å²) in [5.41, 5.74) is 2.03. The standard InChI is InChI=1S/C20H19Cl2N3O3S/c1-11-4-5-12(21)8-14(11)23-18(26)10-17-19(27)25(2)20(29-17)24-15-9-13(22)6-7-16(15)28-3/h4-9,17H,10H2,1-3H3,(H,23,26). The molecule has 2 aromatic rings. The van der Waals surface area contributed by atoms with Gasteiger partial charge in [-0.05, 0) is 42.8 Å². The lowest BCUT2D eigenvalue weighted by Gasteiger charge is -2.11. The highest BCUT2D eigenvalue weighted by atomic mass is 35.5. The van der Waals surface area contributed by atoms with Crippen LogP contribution in [0.2, 0.25) is 10.0 Å². The van der Waals surface area contributed by atoms with Gasteiger partial charge in [0.2, 0.25) is 11.8 Å². The number of nitrogens with one attached hydrogen (secondary N) is 1. The fourth-order valence-corrected chi connectivity index (χ4v) is 4.24. The van der Waals surface area contributed by atoms with Gasteiger partial charge in [0.15, 0.2) is 5.17 Å². The highest BCUT2D eigenvalue weighted by Gasteiger charge is 2.37. The third-order valence-electron chi connectivity index (χ3n) is 4.34. The molecule has 29 heavy (non-hydrogen) atoms. The number of thioether (sulfide) groups is 1. The van der Waals surface area contributed by atoms with Crippen molar-refractivity contribution in [3.8, 4) is 5.75 Å². The lowest BCUT2D eigenvalue weighted by molar-refractivity contribution is -0.127. The van der Waals surface area contributed by atoms with Crippen LogP contribution in [-0.4, -0.2) is 41.3 Å². The summed E-state index contributed by atoms with van der Waals surface area (Å²) in [6.07, 6.45) is 0.0193. The number of rotatable bonds is 5.